The van der Waals surface area contributed by atoms with E-state index >= 15 is 0 Å². The van der Waals surface area contributed by atoms with Crippen LogP contribution >= 0.6 is 15.9 Å². The van der Waals surface area contributed by atoms with Gasteiger partial charge in [0.25, 0.3) is 0 Å². The second-order valence-corrected chi connectivity index (χ2v) is 4.85. The molecule has 0 aliphatic heterocycles. The van der Waals surface area contributed by atoms with Crippen molar-refractivity contribution in [2.75, 3.05) is 0 Å². The van der Waals surface area contributed by atoms with Crippen LogP contribution in [0.2, 0.25) is 0 Å². The fourth-order valence-corrected chi connectivity index (χ4v) is 2.35. The smallest absolute Gasteiger partial charge is 0.115 e. The molecule has 2 nitrogen and oxygen atoms in total. The van der Waals surface area contributed by atoms with Gasteiger partial charge < -0.3 is 10.8 Å². The Balaban J connectivity index is 2.14. The van der Waals surface area contributed by atoms with Gasteiger partial charge in [-0.1, -0.05) is 46.3 Å². The number of aromatic hydroxyl groups is 1. The molecule has 3 N–H and O–H groups in total. The van der Waals surface area contributed by atoms with Crippen LogP contribution in [0.25, 0.3) is 0 Å². The van der Waals surface area contributed by atoms with Gasteiger partial charge in [0.2, 0.25) is 0 Å². The van der Waals surface area contributed by atoms with Crippen molar-refractivity contribution >= 4 is 15.9 Å². The first-order chi connectivity index (χ1) is 8.16. The summed E-state index contributed by atoms with van der Waals surface area (Å²) in [5.74, 6) is 0.281. The highest BCUT2D eigenvalue weighted by Gasteiger charge is 2.09. The highest BCUT2D eigenvalue weighted by atomic mass is 79.9. The Hall–Kier alpha value is -1.32. The fourth-order valence-electron chi connectivity index (χ4n) is 1.77. The SMILES string of the molecule is NC(Cc1ccc(O)cc1)c1ccccc1Br. The second kappa shape index (κ2) is 5.34. The van der Waals surface area contributed by atoms with Crippen LogP contribution < -0.4 is 5.73 Å². The molecule has 0 aromatic heterocycles. The molecule has 0 radical (unpaired) electrons. The molecule has 2 aromatic rings. The Morgan fingerprint density at radius 2 is 1.71 bits per heavy atom. The van der Waals surface area contributed by atoms with Crippen molar-refractivity contribution in [3.05, 3.63) is 64.1 Å². The third-order valence-electron chi connectivity index (χ3n) is 2.70. The van der Waals surface area contributed by atoms with E-state index in [0.717, 1.165) is 22.0 Å². The quantitative estimate of drug-likeness (QED) is 0.910. The largest absolute Gasteiger partial charge is 0.508 e. The molecule has 2 rings (SSSR count). The first-order valence-electron chi connectivity index (χ1n) is 5.45. The molecule has 17 heavy (non-hydrogen) atoms. The van der Waals surface area contributed by atoms with E-state index in [4.69, 9.17) is 5.73 Å². The summed E-state index contributed by atoms with van der Waals surface area (Å²) >= 11 is 3.50. The topological polar surface area (TPSA) is 46.2 Å². The van der Waals surface area contributed by atoms with Crippen LogP contribution in [0.1, 0.15) is 17.2 Å². The van der Waals surface area contributed by atoms with Gasteiger partial charge in [0, 0.05) is 10.5 Å². The number of rotatable bonds is 3. The van der Waals surface area contributed by atoms with Gasteiger partial charge in [-0.2, -0.15) is 0 Å². The second-order valence-electron chi connectivity index (χ2n) is 4.00. The average molecular weight is 292 g/mol. The van der Waals surface area contributed by atoms with Crippen molar-refractivity contribution in [2.45, 2.75) is 12.5 Å². The predicted molar refractivity (Wildman–Crippen MR) is 72.9 cm³/mol. The molecule has 0 spiro atoms. The number of hydrogen-bond donors (Lipinski definition) is 2. The molecule has 3 heteroatoms. The van der Waals surface area contributed by atoms with Gasteiger partial charge in [0.05, 0.1) is 0 Å². The zero-order valence-corrected chi connectivity index (χ0v) is 10.9. The van der Waals surface area contributed by atoms with E-state index in [0.29, 0.717) is 0 Å². The molecule has 0 amide bonds. The Bertz CT molecular complexity index is 496. The average Bonchev–Trinajstić information content (AvgIpc) is 2.32. The molecule has 0 aliphatic rings. The van der Waals surface area contributed by atoms with E-state index in [1.165, 1.54) is 0 Å². The van der Waals surface area contributed by atoms with E-state index < -0.39 is 0 Å². The summed E-state index contributed by atoms with van der Waals surface area (Å²) in [7, 11) is 0. The van der Waals surface area contributed by atoms with Gasteiger partial charge in [-0.25, -0.2) is 0 Å². The van der Waals surface area contributed by atoms with Gasteiger partial charge in [-0.3, -0.25) is 0 Å². The minimum absolute atomic E-state index is 0.0462. The molecular weight excluding hydrogens is 278 g/mol. The lowest BCUT2D eigenvalue weighted by atomic mass is 10.00. The predicted octanol–water partition coefficient (Wildman–Crippen LogP) is 3.40. The fraction of sp³-hybridized carbons (Fsp3) is 0.143. The van der Waals surface area contributed by atoms with Crippen molar-refractivity contribution in [2.24, 2.45) is 5.73 Å². The normalized spacial score (nSPS) is 12.4. The number of nitrogens with two attached hydrogens (primary N) is 1. The van der Waals surface area contributed by atoms with Gasteiger partial charge >= 0.3 is 0 Å². The molecule has 2 aromatic carbocycles. The Morgan fingerprint density at radius 3 is 2.35 bits per heavy atom. The van der Waals surface area contributed by atoms with E-state index in [9.17, 15) is 5.11 Å². The van der Waals surface area contributed by atoms with Gasteiger partial charge in [0.1, 0.15) is 5.75 Å². The molecular formula is C14H14BrNO. The molecule has 0 heterocycles. The number of phenols is 1. The molecule has 0 aliphatic carbocycles. The van der Waals surface area contributed by atoms with Crippen molar-refractivity contribution in [3.63, 3.8) is 0 Å². The lowest BCUT2D eigenvalue weighted by Crippen LogP contribution is -2.13. The maximum absolute atomic E-state index is 9.21. The molecule has 88 valence electrons. The van der Waals surface area contributed by atoms with Crippen LogP contribution in [0.15, 0.2) is 53.0 Å². The highest BCUT2D eigenvalue weighted by Crippen LogP contribution is 2.24. The Labute approximate surface area is 109 Å². The summed E-state index contributed by atoms with van der Waals surface area (Å²) in [5.41, 5.74) is 8.39. The number of halogens is 1. The monoisotopic (exact) mass is 291 g/mol. The van der Waals surface area contributed by atoms with Crippen LogP contribution in [0.4, 0.5) is 0 Å². The Kier molecular flexibility index (Phi) is 3.82. The van der Waals surface area contributed by atoms with E-state index in [1.807, 2.05) is 36.4 Å². The number of phenolic OH excluding ortho intramolecular Hbond substituents is 1. The summed E-state index contributed by atoms with van der Waals surface area (Å²) in [5, 5.41) is 9.21. The zero-order valence-electron chi connectivity index (χ0n) is 9.31. The lowest BCUT2D eigenvalue weighted by Gasteiger charge is -2.13. The summed E-state index contributed by atoms with van der Waals surface area (Å²) in [6.45, 7) is 0. The summed E-state index contributed by atoms with van der Waals surface area (Å²) < 4.78 is 1.03. The van der Waals surface area contributed by atoms with E-state index in [2.05, 4.69) is 15.9 Å². The van der Waals surface area contributed by atoms with Crippen LogP contribution in [0, 0.1) is 0 Å². The molecule has 0 saturated heterocycles. The lowest BCUT2D eigenvalue weighted by molar-refractivity contribution is 0.475. The van der Waals surface area contributed by atoms with Crippen molar-refractivity contribution in [3.8, 4) is 5.75 Å². The molecule has 1 atom stereocenters. The summed E-state index contributed by atoms with van der Waals surface area (Å²) in [6.07, 6.45) is 0.753. The third-order valence-corrected chi connectivity index (χ3v) is 3.42. The first kappa shape index (κ1) is 12.1. The molecule has 0 fully saturated rings. The standard InChI is InChI=1S/C14H14BrNO/c15-13-4-2-1-3-12(13)14(16)9-10-5-7-11(17)8-6-10/h1-8,14,17H,9,16H2. The molecule has 1 unspecified atom stereocenters. The Morgan fingerprint density at radius 1 is 1.06 bits per heavy atom. The van der Waals surface area contributed by atoms with Crippen molar-refractivity contribution in [1.82, 2.24) is 0 Å². The molecule has 0 saturated carbocycles. The summed E-state index contributed by atoms with van der Waals surface area (Å²) in [6, 6.07) is 15.1. The van der Waals surface area contributed by atoms with E-state index in [-0.39, 0.29) is 11.8 Å². The van der Waals surface area contributed by atoms with Crippen molar-refractivity contribution < 1.29 is 5.11 Å². The maximum atomic E-state index is 9.21. The highest BCUT2D eigenvalue weighted by molar-refractivity contribution is 9.10. The number of hydrogen-bond acceptors (Lipinski definition) is 2. The summed E-state index contributed by atoms with van der Waals surface area (Å²) in [4.78, 5) is 0. The number of benzene rings is 2. The van der Waals surface area contributed by atoms with Gasteiger partial charge in [-0.05, 0) is 35.7 Å². The minimum Gasteiger partial charge on any atom is -0.508 e. The van der Waals surface area contributed by atoms with Crippen LogP contribution in [0.3, 0.4) is 0 Å². The molecule has 0 bridgehead atoms. The maximum Gasteiger partial charge on any atom is 0.115 e. The van der Waals surface area contributed by atoms with Gasteiger partial charge in [0.15, 0.2) is 0 Å². The van der Waals surface area contributed by atoms with Crippen LogP contribution in [-0.2, 0) is 6.42 Å². The minimum atomic E-state index is -0.0462. The van der Waals surface area contributed by atoms with Crippen LogP contribution in [0.5, 0.6) is 5.75 Å². The van der Waals surface area contributed by atoms with Gasteiger partial charge in [-0.15, -0.1) is 0 Å². The van der Waals surface area contributed by atoms with E-state index in [1.54, 1.807) is 12.1 Å². The van der Waals surface area contributed by atoms with Crippen LogP contribution in [-0.4, -0.2) is 5.11 Å². The first-order valence-corrected chi connectivity index (χ1v) is 6.24. The zero-order chi connectivity index (χ0) is 12.3. The van der Waals surface area contributed by atoms with Crippen molar-refractivity contribution in [1.29, 1.82) is 0 Å². The third kappa shape index (κ3) is 3.08.